The third-order valence-corrected chi connectivity index (χ3v) is 6.61. The van der Waals surface area contributed by atoms with Gasteiger partial charge in [-0.2, -0.15) is 0 Å². The summed E-state index contributed by atoms with van der Waals surface area (Å²) >= 11 is 3.49. The molecule has 0 aliphatic heterocycles. The van der Waals surface area contributed by atoms with Crippen LogP contribution in [-0.4, -0.2) is 35.0 Å². The Morgan fingerprint density at radius 1 is 0.606 bits per heavy atom. The average molecular weight is 530 g/mol. The van der Waals surface area contributed by atoms with Crippen molar-refractivity contribution in [3.63, 3.8) is 0 Å². The Balaban J connectivity index is 2.42. The summed E-state index contributed by atoms with van der Waals surface area (Å²) < 4.78 is 12.3. The zero-order chi connectivity index (χ0) is 24.4. The van der Waals surface area contributed by atoms with E-state index in [0.29, 0.717) is 23.4 Å². The van der Waals surface area contributed by atoms with Crippen LogP contribution in [0.2, 0.25) is 0 Å². The number of ether oxygens (including phenoxy) is 2. The number of hydrogen-bond acceptors (Lipinski definition) is 5. The van der Waals surface area contributed by atoms with Gasteiger partial charge in [0, 0.05) is 0 Å². The Hall–Kier alpha value is -0.755. The number of unbranched alkanes of at least 4 members (excludes halogenated alkanes) is 14. The van der Waals surface area contributed by atoms with Crippen LogP contribution in [-0.2, 0) is 0 Å². The van der Waals surface area contributed by atoms with Gasteiger partial charge in [0.1, 0.15) is 5.75 Å². The molecule has 0 unspecified atom stereocenters. The molecule has 0 radical (unpaired) electrons. The molecule has 1 aromatic rings. The van der Waals surface area contributed by atoms with Crippen molar-refractivity contribution in [2.45, 2.75) is 117 Å². The molecule has 0 fully saturated rings. The maximum atomic E-state index is 9.88. The molecule has 0 saturated carbocycles. The summed E-state index contributed by atoms with van der Waals surface area (Å²) in [5.74, 6) is 0.757. The van der Waals surface area contributed by atoms with E-state index in [-0.39, 0.29) is 11.2 Å². The fourth-order valence-corrected chi connectivity index (χ4v) is 4.36. The molecule has 1 rings (SSSR count). The largest absolute Gasteiger partial charge is 0.556 e. The first-order valence-electron chi connectivity index (χ1n) is 13.3. The monoisotopic (exact) mass is 529 g/mol. The van der Waals surface area contributed by atoms with E-state index in [0.717, 1.165) is 25.7 Å². The first kappa shape index (κ1) is 30.3. The highest BCUT2D eigenvalue weighted by Gasteiger charge is 2.25. The van der Waals surface area contributed by atoms with Gasteiger partial charge in [-0.15, -0.1) is 0 Å². The summed E-state index contributed by atoms with van der Waals surface area (Å²) in [5.41, 5.74) is -0.0383. The molecule has 0 spiro atoms. The molecule has 3 N–H and O–H groups in total. The van der Waals surface area contributed by atoms with Gasteiger partial charge in [-0.3, -0.25) is 0 Å². The Bertz CT molecular complexity index is 621. The first-order valence-corrected chi connectivity index (χ1v) is 14.1. The van der Waals surface area contributed by atoms with Gasteiger partial charge < -0.3 is 24.5 Å². The standard InChI is InChI=1S/C26H47BBrO5/c1-3-5-7-9-11-13-15-17-19-32-25-22-24(28)26(21-23(25)27(29,30)31)33-20-18-16-14-12-10-8-6-4-2/h21-22,29-31H,3-20H2,1-2H3/q-1. The normalized spacial score (nSPS) is 11.7. The van der Waals surface area contributed by atoms with Crippen LogP contribution in [0, 0.1) is 0 Å². The summed E-state index contributed by atoms with van der Waals surface area (Å²) in [6.45, 7) is 1.80. The number of benzene rings is 1. The Morgan fingerprint density at radius 2 is 1.00 bits per heavy atom. The van der Waals surface area contributed by atoms with Gasteiger partial charge in [-0.05, 0) is 40.9 Å². The smallest absolute Gasteiger partial charge is 0.406 e. The maximum Gasteiger partial charge on any atom is 0.406 e. The minimum absolute atomic E-state index is 0.0383. The molecular weight excluding hydrogens is 483 g/mol. The molecule has 0 amide bonds. The molecule has 0 aliphatic rings. The van der Waals surface area contributed by atoms with Crippen molar-refractivity contribution in [1.29, 1.82) is 0 Å². The van der Waals surface area contributed by atoms with Crippen LogP contribution in [0.4, 0.5) is 0 Å². The zero-order valence-electron chi connectivity index (χ0n) is 21.0. The summed E-state index contributed by atoms with van der Waals surface area (Å²) in [4.78, 5) is 0. The number of rotatable bonds is 21. The van der Waals surface area contributed by atoms with Crippen LogP contribution in [0.5, 0.6) is 11.5 Å². The quantitative estimate of drug-likeness (QED) is 0.123. The van der Waals surface area contributed by atoms with Crippen molar-refractivity contribution < 1.29 is 24.5 Å². The molecule has 0 saturated heterocycles. The topological polar surface area (TPSA) is 79.2 Å². The second kappa shape index (κ2) is 18.6. The van der Waals surface area contributed by atoms with Gasteiger partial charge in [0.15, 0.2) is 0 Å². The lowest BCUT2D eigenvalue weighted by molar-refractivity contribution is 0.244. The Morgan fingerprint density at radius 3 is 1.42 bits per heavy atom. The SMILES string of the molecule is CCCCCCCCCCOc1cc([B-](O)(O)O)c(OCCCCCCCCCC)cc1Br. The summed E-state index contributed by atoms with van der Waals surface area (Å²) in [7, 11) is 0. The zero-order valence-corrected chi connectivity index (χ0v) is 22.6. The van der Waals surface area contributed by atoms with Crippen LogP contribution in [0.15, 0.2) is 16.6 Å². The molecule has 7 heteroatoms. The van der Waals surface area contributed by atoms with Gasteiger partial charge in [0.25, 0.3) is 0 Å². The molecule has 0 aliphatic carbocycles. The van der Waals surface area contributed by atoms with E-state index in [4.69, 9.17) is 9.47 Å². The van der Waals surface area contributed by atoms with Crippen LogP contribution >= 0.6 is 15.9 Å². The Kier molecular flexibility index (Phi) is 17.0. The number of hydrogen-bond donors (Lipinski definition) is 3. The van der Waals surface area contributed by atoms with E-state index in [9.17, 15) is 15.1 Å². The molecule has 5 nitrogen and oxygen atoms in total. The van der Waals surface area contributed by atoms with Gasteiger partial charge >= 0.3 is 6.75 Å². The molecule has 0 bridgehead atoms. The second-order valence-electron chi connectivity index (χ2n) is 9.20. The molecule has 0 atom stereocenters. The lowest BCUT2D eigenvalue weighted by atomic mass is 9.70. The maximum absolute atomic E-state index is 9.88. The fourth-order valence-electron chi connectivity index (χ4n) is 3.93. The van der Waals surface area contributed by atoms with Gasteiger partial charge in [0.05, 0.1) is 23.4 Å². The van der Waals surface area contributed by atoms with E-state index in [1.807, 2.05) is 0 Å². The minimum atomic E-state index is -3.68. The van der Waals surface area contributed by atoms with Crippen molar-refractivity contribution in [2.75, 3.05) is 13.2 Å². The van der Waals surface area contributed by atoms with Crippen LogP contribution in [0.1, 0.15) is 117 Å². The molecular formula is C26H47BBrO5-. The summed E-state index contributed by atoms with van der Waals surface area (Å²) in [6, 6.07) is 3.13. The second-order valence-corrected chi connectivity index (χ2v) is 10.1. The van der Waals surface area contributed by atoms with Crippen LogP contribution in [0.25, 0.3) is 0 Å². The van der Waals surface area contributed by atoms with Crippen molar-refractivity contribution in [1.82, 2.24) is 0 Å². The number of halogens is 1. The van der Waals surface area contributed by atoms with Gasteiger partial charge in [-0.1, -0.05) is 109 Å². The van der Waals surface area contributed by atoms with E-state index >= 15 is 0 Å². The Labute approximate surface area is 210 Å². The van der Waals surface area contributed by atoms with E-state index in [1.54, 1.807) is 6.07 Å². The molecule has 0 heterocycles. The van der Waals surface area contributed by atoms with E-state index in [2.05, 4.69) is 29.8 Å². The molecule has 33 heavy (non-hydrogen) atoms. The lowest BCUT2D eigenvalue weighted by Crippen LogP contribution is -2.49. The highest BCUT2D eigenvalue weighted by atomic mass is 79.9. The van der Waals surface area contributed by atoms with Crippen molar-refractivity contribution >= 4 is 28.1 Å². The molecule has 192 valence electrons. The third kappa shape index (κ3) is 14.3. The fraction of sp³-hybridized carbons (Fsp3) is 0.769. The van der Waals surface area contributed by atoms with Gasteiger partial charge in [-0.25, -0.2) is 0 Å². The van der Waals surface area contributed by atoms with Crippen molar-refractivity contribution in [3.05, 3.63) is 16.6 Å². The highest BCUT2D eigenvalue weighted by Crippen LogP contribution is 2.29. The molecule has 0 aromatic heterocycles. The first-order chi connectivity index (χ1) is 15.9. The van der Waals surface area contributed by atoms with E-state index < -0.39 is 6.75 Å². The van der Waals surface area contributed by atoms with Crippen molar-refractivity contribution in [2.24, 2.45) is 0 Å². The average Bonchev–Trinajstić information content (AvgIpc) is 2.77. The lowest BCUT2D eigenvalue weighted by Gasteiger charge is -2.26. The summed E-state index contributed by atoms with van der Waals surface area (Å²) in [6.07, 6.45) is 19.3. The predicted octanol–water partition coefficient (Wildman–Crippen LogP) is 6.61. The predicted molar refractivity (Wildman–Crippen MR) is 142 cm³/mol. The summed E-state index contributed by atoms with van der Waals surface area (Å²) in [5, 5.41) is 29.6. The minimum Gasteiger partial charge on any atom is -0.556 e. The molecule has 1 aromatic carbocycles. The van der Waals surface area contributed by atoms with Crippen LogP contribution in [0.3, 0.4) is 0 Å². The van der Waals surface area contributed by atoms with Crippen molar-refractivity contribution in [3.8, 4) is 11.5 Å². The van der Waals surface area contributed by atoms with E-state index in [1.165, 1.54) is 83.1 Å². The van der Waals surface area contributed by atoms with Crippen LogP contribution < -0.4 is 14.9 Å². The highest BCUT2D eigenvalue weighted by molar-refractivity contribution is 9.10. The third-order valence-electron chi connectivity index (χ3n) is 5.99. The van der Waals surface area contributed by atoms with Gasteiger partial charge in [0.2, 0.25) is 0 Å².